The monoisotopic (exact) mass is 285 g/mol. The van der Waals surface area contributed by atoms with E-state index in [1.807, 2.05) is 48.5 Å². The Morgan fingerprint density at radius 2 is 1.45 bits per heavy atom. The van der Waals surface area contributed by atoms with Crippen LogP contribution < -0.4 is 0 Å². The fourth-order valence-electron chi connectivity index (χ4n) is 2.78. The summed E-state index contributed by atoms with van der Waals surface area (Å²) in [5.41, 5.74) is 5.04. The number of fused-ring (bicyclic) bond motifs is 1. The number of hydrogen-bond acceptors (Lipinski definition) is 1. The highest BCUT2D eigenvalue weighted by molar-refractivity contribution is 5.88. The first-order valence-electron chi connectivity index (χ1n) is 7.28. The number of aromatic nitrogens is 1. The predicted octanol–water partition coefficient (Wildman–Crippen LogP) is 5.21. The van der Waals surface area contributed by atoms with E-state index in [-0.39, 0.29) is 5.75 Å². The molecule has 0 aliphatic heterocycles. The normalized spacial score (nSPS) is 10.9. The smallest absolute Gasteiger partial charge is 0.124 e. The number of para-hydroxylation sites is 1. The highest BCUT2D eigenvalue weighted by Crippen LogP contribution is 2.34. The minimum absolute atomic E-state index is 0.284. The molecule has 0 amide bonds. The zero-order chi connectivity index (χ0) is 14.9. The average Bonchev–Trinajstić information content (AvgIpc) is 3.00. The average molecular weight is 285 g/mol. The zero-order valence-electron chi connectivity index (χ0n) is 12.0. The van der Waals surface area contributed by atoms with E-state index in [0.717, 1.165) is 33.3 Å². The van der Waals surface area contributed by atoms with Crippen LogP contribution in [0.4, 0.5) is 0 Å². The second kappa shape index (κ2) is 5.08. The van der Waals surface area contributed by atoms with Crippen LogP contribution in [0.5, 0.6) is 5.75 Å². The summed E-state index contributed by atoms with van der Waals surface area (Å²) < 4.78 is 0. The quantitative estimate of drug-likeness (QED) is 0.521. The lowest BCUT2D eigenvalue weighted by atomic mass is 10.0. The number of rotatable bonds is 2. The van der Waals surface area contributed by atoms with Gasteiger partial charge in [-0.3, -0.25) is 0 Å². The Balaban J connectivity index is 1.87. The Kier molecular flexibility index (Phi) is 2.94. The topological polar surface area (TPSA) is 36.0 Å². The molecule has 1 heterocycles. The molecule has 0 fully saturated rings. The van der Waals surface area contributed by atoms with Gasteiger partial charge in [0.1, 0.15) is 5.75 Å². The summed E-state index contributed by atoms with van der Waals surface area (Å²) in [5, 5.41) is 11.4. The molecule has 0 bridgehead atoms. The molecule has 2 heteroatoms. The summed E-state index contributed by atoms with van der Waals surface area (Å²) in [5.74, 6) is 0.284. The van der Waals surface area contributed by atoms with Gasteiger partial charge in [-0.2, -0.15) is 0 Å². The highest BCUT2D eigenvalue weighted by atomic mass is 16.3. The number of H-pyrrole nitrogens is 1. The molecule has 0 aliphatic rings. The SMILES string of the molecule is Oc1ccc(-c2ccccc2)cc1-c1cc2ccccc2[nH]1. The molecule has 0 atom stereocenters. The summed E-state index contributed by atoms with van der Waals surface area (Å²) in [6, 6.07) is 26.1. The van der Waals surface area contributed by atoms with Crippen molar-refractivity contribution in [2.45, 2.75) is 0 Å². The molecule has 2 N–H and O–H groups in total. The van der Waals surface area contributed by atoms with Crippen molar-refractivity contribution in [2.24, 2.45) is 0 Å². The Morgan fingerprint density at radius 3 is 2.27 bits per heavy atom. The number of aromatic amines is 1. The number of aromatic hydroxyl groups is 1. The second-order valence-corrected chi connectivity index (χ2v) is 5.37. The van der Waals surface area contributed by atoms with E-state index in [0.29, 0.717) is 0 Å². The van der Waals surface area contributed by atoms with Crippen molar-refractivity contribution in [2.75, 3.05) is 0 Å². The van der Waals surface area contributed by atoms with Gasteiger partial charge in [-0.15, -0.1) is 0 Å². The molecule has 2 nitrogen and oxygen atoms in total. The molecule has 0 saturated heterocycles. The van der Waals surface area contributed by atoms with Gasteiger partial charge in [0.2, 0.25) is 0 Å². The molecule has 1 aromatic heterocycles. The first-order chi connectivity index (χ1) is 10.8. The minimum atomic E-state index is 0.284. The van der Waals surface area contributed by atoms with Gasteiger partial charge >= 0.3 is 0 Å². The third kappa shape index (κ3) is 2.15. The minimum Gasteiger partial charge on any atom is -0.507 e. The van der Waals surface area contributed by atoms with Gasteiger partial charge in [-0.05, 0) is 35.4 Å². The largest absolute Gasteiger partial charge is 0.507 e. The summed E-state index contributed by atoms with van der Waals surface area (Å²) >= 11 is 0. The lowest BCUT2D eigenvalue weighted by Gasteiger charge is -2.07. The Hall–Kier alpha value is -3.00. The number of phenols is 1. The van der Waals surface area contributed by atoms with E-state index < -0.39 is 0 Å². The zero-order valence-corrected chi connectivity index (χ0v) is 12.0. The van der Waals surface area contributed by atoms with E-state index >= 15 is 0 Å². The molecule has 0 aliphatic carbocycles. The molecular formula is C20H15NO. The van der Waals surface area contributed by atoms with Crippen LogP contribution in [0, 0.1) is 0 Å². The van der Waals surface area contributed by atoms with Crippen LogP contribution in [0.1, 0.15) is 0 Å². The fourth-order valence-corrected chi connectivity index (χ4v) is 2.78. The van der Waals surface area contributed by atoms with Crippen LogP contribution in [0.25, 0.3) is 33.3 Å². The molecule has 0 radical (unpaired) electrons. The van der Waals surface area contributed by atoms with Crippen molar-refractivity contribution in [3.05, 3.63) is 78.9 Å². The van der Waals surface area contributed by atoms with Crippen LogP contribution in [0.3, 0.4) is 0 Å². The third-order valence-corrected chi connectivity index (χ3v) is 3.92. The maximum absolute atomic E-state index is 10.2. The standard InChI is InChI=1S/C20H15NO/c22-20-11-10-15(14-6-2-1-3-7-14)12-17(20)19-13-16-8-4-5-9-18(16)21-19/h1-13,21-22H. The maximum atomic E-state index is 10.2. The summed E-state index contributed by atoms with van der Waals surface area (Å²) in [6.07, 6.45) is 0. The molecule has 0 unspecified atom stereocenters. The molecule has 0 spiro atoms. The van der Waals surface area contributed by atoms with Gasteiger partial charge in [0.25, 0.3) is 0 Å². The number of nitrogens with one attached hydrogen (secondary N) is 1. The summed E-state index contributed by atoms with van der Waals surface area (Å²) in [7, 11) is 0. The molecule has 4 aromatic rings. The summed E-state index contributed by atoms with van der Waals surface area (Å²) in [4.78, 5) is 3.37. The van der Waals surface area contributed by atoms with E-state index in [1.54, 1.807) is 6.07 Å². The van der Waals surface area contributed by atoms with Crippen LogP contribution in [-0.4, -0.2) is 10.1 Å². The second-order valence-electron chi connectivity index (χ2n) is 5.37. The highest BCUT2D eigenvalue weighted by Gasteiger charge is 2.09. The van der Waals surface area contributed by atoms with E-state index in [2.05, 4.69) is 29.2 Å². The van der Waals surface area contributed by atoms with Crippen molar-refractivity contribution in [1.29, 1.82) is 0 Å². The first-order valence-corrected chi connectivity index (χ1v) is 7.28. The third-order valence-electron chi connectivity index (χ3n) is 3.92. The predicted molar refractivity (Wildman–Crippen MR) is 90.8 cm³/mol. The molecule has 4 rings (SSSR count). The van der Waals surface area contributed by atoms with Crippen molar-refractivity contribution < 1.29 is 5.11 Å². The van der Waals surface area contributed by atoms with Crippen LogP contribution in [0.2, 0.25) is 0 Å². The lowest BCUT2D eigenvalue weighted by molar-refractivity contribution is 0.477. The van der Waals surface area contributed by atoms with Crippen LogP contribution in [-0.2, 0) is 0 Å². The number of phenolic OH excluding ortho intramolecular Hbond substituents is 1. The molecule has 3 aromatic carbocycles. The van der Waals surface area contributed by atoms with E-state index in [4.69, 9.17) is 0 Å². The van der Waals surface area contributed by atoms with Gasteiger partial charge < -0.3 is 10.1 Å². The van der Waals surface area contributed by atoms with Crippen molar-refractivity contribution in [1.82, 2.24) is 4.98 Å². The Labute approximate surface area is 128 Å². The van der Waals surface area contributed by atoms with Gasteiger partial charge in [-0.1, -0.05) is 54.6 Å². The van der Waals surface area contributed by atoms with Crippen LogP contribution >= 0.6 is 0 Å². The summed E-state index contributed by atoms with van der Waals surface area (Å²) in [6.45, 7) is 0. The Bertz CT molecular complexity index is 905. The number of hydrogen-bond donors (Lipinski definition) is 2. The lowest BCUT2D eigenvalue weighted by Crippen LogP contribution is -1.82. The van der Waals surface area contributed by atoms with Gasteiger partial charge in [0, 0.05) is 16.5 Å². The van der Waals surface area contributed by atoms with Crippen molar-refractivity contribution in [3.8, 4) is 28.1 Å². The Morgan fingerprint density at radius 1 is 0.682 bits per heavy atom. The van der Waals surface area contributed by atoms with E-state index in [1.165, 1.54) is 0 Å². The van der Waals surface area contributed by atoms with Gasteiger partial charge in [-0.25, -0.2) is 0 Å². The molecule has 106 valence electrons. The maximum Gasteiger partial charge on any atom is 0.124 e. The molecule has 22 heavy (non-hydrogen) atoms. The molecule has 0 saturated carbocycles. The van der Waals surface area contributed by atoms with Gasteiger partial charge in [0.05, 0.1) is 5.69 Å². The van der Waals surface area contributed by atoms with E-state index in [9.17, 15) is 5.11 Å². The molecular weight excluding hydrogens is 270 g/mol. The van der Waals surface area contributed by atoms with Crippen LogP contribution in [0.15, 0.2) is 78.9 Å². The fraction of sp³-hybridized carbons (Fsp3) is 0. The van der Waals surface area contributed by atoms with Crippen molar-refractivity contribution >= 4 is 10.9 Å². The first kappa shape index (κ1) is 12.7. The number of benzene rings is 3. The van der Waals surface area contributed by atoms with Gasteiger partial charge in [0.15, 0.2) is 0 Å². The van der Waals surface area contributed by atoms with Crippen molar-refractivity contribution in [3.63, 3.8) is 0 Å².